The summed E-state index contributed by atoms with van der Waals surface area (Å²) >= 11 is 0. The number of nitrogens with zero attached hydrogens (tertiary/aromatic N) is 1. The fraction of sp³-hybridized carbons (Fsp3) is 0.625. The van der Waals surface area contributed by atoms with Gasteiger partial charge in [0.2, 0.25) is 0 Å². The summed E-state index contributed by atoms with van der Waals surface area (Å²) in [6.07, 6.45) is 5.39. The minimum atomic E-state index is -0.292. The number of hydrogen-bond acceptors (Lipinski definition) is 3. The molecular weight excluding hydrogens is 255 g/mol. The predicted molar refractivity (Wildman–Crippen MR) is 79.6 cm³/mol. The highest BCUT2D eigenvalue weighted by Crippen LogP contribution is 2.17. The fourth-order valence-electron chi connectivity index (χ4n) is 2.65. The molecule has 0 aromatic heterocycles. The Hall–Kier alpha value is -1.13. The molecule has 0 radical (unpaired) electrons. The molecule has 1 fully saturated rings. The number of likely N-dealkylation sites (tertiary alicyclic amines) is 1. The van der Waals surface area contributed by atoms with Crippen LogP contribution in [0, 0.1) is 5.82 Å². The monoisotopic (exact) mass is 280 g/mol. The van der Waals surface area contributed by atoms with E-state index in [-0.39, 0.29) is 5.82 Å². The Morgan fingerprint density at radius 1 is 1.20 bits per heavy atom. The summed E-state index contributed by atoms with van der Waals surface area (Å²) in [6.45, 7) is 5.18. The SMILES string of the molecule is COc1ccc(CNCCN2CCCCCC2)cc1F. The molecule has 0 aliphatic carbocycles. The van der Waals surface area contributed by atoms with Gasteiger partial charge in [-0.25, -0.2) is 4.39 Å². The number of rotatable bonds is 6. The van der Waals surface area contributed by atoms with Gasteiger partial charge in [0, 0.05) is 19.6 Å². The standard InChI is InChI=1S/C16H25FN2O/c1-20-16-7-6-14(12-15(16)17)13-18-8-11-19-9-4-2-3-5-10-19/h6-7,12,18H,2-5,8-11,13H2,1H3. The van der Waals surface area contributed by atoms with Crippen molar-refractivity contribution in [3.05, 3.63) is 29.6 Å². The van der Waals surface area contributed by atoms with Crippen molar-refractivity contribution in [2.45, 2.75) is 32.2 Å². The third-order valence-electron chi connectivity index (χ3n) is 3.85. The second-order valence-corrected chi connectivity index (χ2v) is 5.40. The maximum Gasteiger partial charge on any atom is 0.165 e. The highest BCUT2D eigenvalue weighted by atomic mass is 19.1. The molecule has 2 rings (SSSR count). The van der Waals surface area contributed by atoms with Gasteiger partial charge in [-0.05, 0) is 43.6 Å². The molecule has 1 N–H and O–H groups in total. The lowest BCUT2D eigenvalue weighted by Gasteiger charge is -2.19. The first-order chi connectivity index (χ1) is 9.79. The van der Waals surface area contributed by atoms with E-state index in [1.807, 2.05) is 6.07 Å². The molecule has 1 saturated heterocycles. The molecule has 0 unspecified atom stereocenters. The second kappa shape index (κ2) is 8.22. The molecule has 20 heavy (non-hydrogen) atoms. The normalized spacial score (nSPS) is 16.9. The number of ether oxygens (including phenoxy) is 1. The molecule has 0 saturated carbocycles. The van der Waals surface area contributed by atoms with Crippen LogP contribution in [0.25, 0.3) is 0 Å². The van der Waals surface area contributed by atoms with E-state index in [9.17, 15) is 4.39 Å². The average molecular weight is 280 g/mol. The Morgan fingerprint density at radius 3 is 2.60 bits per heavy atom. The molecule has 0 atom stereocenters. The molecule has 1 heterocycles. The zero-order valence-electron chi connectivity index (χ0n) is 12.3. The lowest BCUT2D eigenvalue weighted by Crippen LogP contribution is -2.32. The molecule has 0 spiro atoms. The maximum absolute atomic E-state index is 13.5. The van der Waals surface area contributed by atoms with Crippen molar-refractivity contribution in [2.75, 3.05) is 33.3 Å². The molecule has 112 valence electrons. The van der Waals surface area contributed by atoms with Gasteiger partial charge in [-0.1, -0.05) is 18.9 Å². The maximum atomic E-state index is 13.5. The Morgan fingerprint density at radius 2 is 1.95 bits per heavy atom. The first-order valence-electron chi connectivity index (χ1n) is 7.55. The van der Waals surface area contributed by atoms with Crippen LogP contribution < -0.4 is 10.1 Å². The van der Waals surface area contributed by atoms with E-state index in [4.69, 9.17) is 4.74 Å². The van der Waals surface area contributed by atoms with Gasteiger partial charge in [0.05, 0.1) is 7.11 Å². The topological polar surface area (TPSA) is 24.5 Å². The number of halogens is 1. The Kier molecular flexibility index (Phi) is 6.27. The lowest BCUT2D eigenvalue weighted by molar-refractivity contribution is 0.284. The van der Waals surface area contributed by atoms with Gasteiger partial charge in [0.1, 0.15) is 0 Å². The van der Waals surface area contributed by atoms with Crippen LogP contribution in [-0.2, 0) is 6.54 Å². The molecule has 4 heteroatoms. The van der Waals surface area contributed by atoms with E-state index >= 15 is 0 Å². The highest BCUT2D eigenvalue weighted by molar-refractivity contribution is 5.29. The number of nitrogens with one attached hydrogen (secondary N) is 1. The quantitative estimate of drug-likeness (QED) is 0.811. The van der Waals surface area contributed by atoms with Crippen LogP contribution in [0.4, 0.5) is 4.39 Å². The van der Waals surface area contributed by atoms with Crippen molar-refractivity contribution in [1.29, 1.82) is 0 Å². The first-order valence-corrected chi connectivity index (χ1v) is 7.55. The molecular formula is C16H25FN2O. The van der Waals surface area contributed by atoms with Gasteiger partial charge in [0.25, 0.3) is 0 Å². The van der Waals surface area contributed by atoms with Gasteiger partial charge in [-0.2, -0.15) is 0 Å². The lowest BCUT2D eigenvalue weighted by atomic mass is 10.2. The fourth-order valence-corrected chi connectivity index (χ4v) is 2.65. The minimum Gasteiger partial charge on any atom is -0.494 e. The average Bonchev–Trinajstić information content (AvgIpc) is 2.72. The van der Waals surface area contributed by atoms with E-state index in [2.05, 4.69) is 10.2 Å². The van der Waals surface area contributed by atoms with Gasteiger partial charge < -0.3 is 15.0 Å². The van der Waals surface area contributed by atoms with Crippen molar-refractivity contribution in [2.24, 2.45) is 0 Å². The summed E-state index contributed by atoms with van der Waals surface area (Å²) in [6, 6.07) is 5.12. The molecule has 3 nitrogen and oxygen atoms in total. The zero-order valence-corrected chi connectivity index (χ0v) is 12.3. The van der Waals surface area contributed by atoms with Crippen LogP contribution in [0.3, 0.4) is 0 Å². The molecule has 1 aliphatic heterocycles. The molecule has 0 bridgehead atoms. The Balaban J connectivity index is 1.68. The van der Waals surface area contributed by atoms with E-state index in [1.54, 1.807) is 6.07 Å². The molecule has 1 aliphatic rings. The summed E-state index contributed by atoms with van der Waals surface area (Å²) in [4.78, 5) is 2.52. The smallest absolute Gasteiger partial charge is 0.165 e. The van der Waals surface area contributed by atoms with Crippen molar-refractivity contribution in [3.8, 4) is 5.75 Å². The van der Waals surface area contributed by atoms with Crippen LogP contribution in [0.5, 0.6) is 5.75 Å². The van der Waals surface area contributed by atoms with Gasteiger partial charge in [-0.15, -0.1) is 0 Å². The molecule has 1 aromatic carbocycles. The summed E-state index contributed by atoms with van der Waals surface area (Å²) < 4.78 is 18.4. The van der Waals surface area contributed by atoms with Crippen molar-refractivity contribution in [3.63, 3.8) is 0 Å². The van der Waals surface area contributed by atoms with Crippen LogP contribution in [0.15, 0.2) is 18.2 Å². The summed E-state index contributed by atoms with van der Waals surface area (Å²) in [5, 5.41) is 3.38. The van der Waals surface area contributed by atoms with Crippen LogP contribution in [-0.4, -0.2) is 38.2 Å². The number of hydrogen-bond donors (Lipinski definition) is 1. The third-order valence-corrected chi connectivity index (χ3v) is 3.85. The largest absolute Gasteiger partial charge is 0.494 e. The van der Waals surface area contributed by atoms with Crippen molar-refractivity contribution in [1.82, 2.24) is 10.2 Å². The van der Waals surface area contributed by atoms with Gasteiger partial charge in [0.15, 0.2) is 11.6 Å². The van der Waals surface area contributed by atoms with Crippen molar-refractivity contribution >= 4 is 0 Å². The Bertz CT molecular complexity index is 403. The third kappa shape index (κ3) is 4.76. The van der Waals surface area contributed by atoms with E-state index in [0.717, 1.165) is 18.7 Å². The van der Waals surface area contributed by atoms with Crippen molar-refractivity contribution < 1.29 is 9.13 Å². The molecule has 1 aromatic rings. The first kappa shape index (κ1) is 15.3. The number of methoxy groups -OCH3 is 1. The summed E-state index contributed by atoms with van der Waals surface area (Å²) in [7, 11) is 1.48. The zero-order chi connectivity index (χ0) is 14.2. The second-order valence-electron chi connectivity index (χ2n) is 5.40. The van der Waals surface area contributed by atoms with Gasteiger partial charge in [-0.3, -0.25) is 0 Å². The predicted octanol–water partition coefficient (Wildman–Crippen LogP) is 2.80. The van der Waals surface area contributed by atoms with Crippen LogP contribution in [0.1, 0.15) is 31.2 Å². The highest BCUT2D eigenvalue weighted by Gasteiger charge is 2.08. The summed E-state index contributed by atoms with van der Waals surface area (Å²) in [5.74, 6) is 0.0117. The number of benzene rings is 1. The Labute approximate surface area is 121 Å². The van der Waals surface area contributed by atoms with Crippen LogP contribution in [0.2, 0.25) is 0 Å². The molecule has 0 amide bonds. The van der Waals surface area contributed by atoms with E-state index in [1.165, 1.54) is 51.9 Å². The van der Waals surface area contributed by atoms with E-state index < -0.39 is 0 Å². The summed E-state index contributed by atoms with van der Waals surface area (Å²) in [5.41, 5.74) is 0.958. The van der Waals surface area contributed by atoms with E-state index in [0.29, 0.717) is 12.3 Å². The minimum absolute atomic E-state index is 0.292. The van der Waals surface area contributed by atoms with Gasteiger partial charge >= 0.3 is 0 Å². The van der Waals surface area contributed by atoms with Crippen LogP contribution >= 0.6 is 0 Å².